The Kier molecular flexibility index (Phi) is 4.98. The molecule has 1 saturated heterocycles. The molecule has 1 amide bonds. The minimum atomic E-state index is -0.817. The number of piperidine rings is 1. The summed E-state index contributed by atoms with van der Waals surface area (Å²) in [4.78, 5) is 25.3. The number of aryl methyl sites for hydroxylation is 1. The van der Waals surface area contributed by atoms with Crippen molar-refractivity contribution in [2.75, 3.05) is 13.1 Å². The highest BCUT2D eigenvalue weighted by atomic mass is 16.4. The molecule has 1 aliphatic heterocycles. The molecule has 21 heavy (non-hydrogen) atoms. The number of amides is 1. The van der Waals surface area contributed by atoms with Crippen LogP contribution in [0.15, 0.2) is 6.20 Å². The van der Waals surface area contributed by atoms with Gasteiger partial charge in [0.2, 0.25) is 0 Å². The first-order valence-corrected chi connectivity index (χ1v) is 7.59. The van der Waals surface area contributed by atoms with Gasteiger partial charge in [0.25, 0.3) is 5.91 Å². The zero-order valence-electron chi connectivity index (χ0n) is 12.7. The summed E-state index contributed by atoms with van der Waals surface area (Å²) < 4.78 is 1.86. The van der Waals surface area contributed by atoms with E-state index < -0.39 is 11.9 Å². The van der Waals surface area contributed by atoms with Crippen LogP contribution in [-0.2, 0) is 11.3 Å². The lowest BCUT2D eigenvalue weighted by Gasteiger charge is -2.30. The van der Waals surface area contributed by atoms with Gasteiger partial charge in [-0.1, -0.05) is 13.3 Å². The predicted molar refractivity (Wildman–Crippen MR) is 78.1 cm³/mol. The molecule has 0 aromatic carbocycles. The molecule has 2 heterocycles. The van der Waals surface area contributed by atoms with E-state index in [2.05, 4.69) is 12.0 Å². The van der Waals surface area contributed by atoms with Gasteiger partial charge < -0.3 is 10.0 Å². The quantitative estimate of drug-likeness (QED) is 0.900. The highest BCUT2D eigenvalue weighted by Crippen LogP contribution is 2.20. The lowest BCUT2D eigenvalue weighted by molar-refractivity contribution is -0.143. The van der Waals surface area contributed by atoms with Gasteiger partial charge in [-0.05, 0) is 26.2 Å². The Hall–Kier alpha value is -1.85. The summed E-state index contributed by atoms with van der Waals surface area (Å²) in [6.45, 7) is 5.75. The number of unbranched alkanes of at least 4 members (excludes halogenated alkanes) is 1. The molecule has 1 aromatic rings. The van der Waals surface area contributed by atoms with Gasteiger partial charge in [0.15, 0.2) is 0 Å². The largest absolute Gasteiger partial charge is 0.481 e. The molecule has 0 radical (unpaired) electrons. The van der Waals surface area contributed by atoms with E-state index in [1.165, 1.54) is 0 Å². The van der Waals surface area contributed by atoms with Crippen LogP contribution in [0.5, 0.6) is 0 Å². The number of likely N-dealkylation sites (tertiary alicyclic amines) is 1. The summed E-state index contributed by atoms with van der Waals surface area (Å²) in [7, 11) is 0. The topological polar surface area (TPSA) is 75.4 Å². The average Bonchev–Trinajstić information content (AvgIpc) is 2.85. The molecule has 116 valence electrons. The van der Waals surface area contributed by atoms with Crippen LogP contribution in [0.3, 0.4) is 0 Å². The van der Waals surface area contributed by atoms with Crippen molar-refractivity contribution in [1.29, 1.82) is 0 Å². The van der Waals surface area contributed by atoms with Crippen molar-refractivity contribution in [2.24, 2.45) is 5.92 Å². The third kappa shape index (κ3) is 3.43. The molecule has 2 rings (SSSR count). The van der Waals surface area contributed by atoms with Crippen LogP contribution in [0.4, 0.5) is 0 Å². The minimum Gasteiger partial charge on any atom is -0.481 e. The van der Waals surface area contributed by atoms with Crippen molar-refractivity contribution in [3.05, 3.63) is 17.5 Å². The second-order valence-corrected chi connectivity index (χ2v) is 5.65. The molecule has 1 aliphatic rings. The van der Waals surface area contributed by atoms with Gasteiger partial charge in [0, 0.05) is 25.3 Å². The first kappa shape index (κ1) is 15.5. The van der Waals surface area contributed by atoms with Gasteiger partial charge in [0.1, 0.15) is 0 Å². The molecule has 1 fully saturated rings. The monoisotopic (exact) mass is 293 g/mol. The van der Waals surface area contributed by atoms with E-state index in [1.807, 2.05) is 11.6 Å². The van der Waals surface area contributed by atoms with Crippen molar-refractivity contribution in [2.45, 2.75) is 46.1 Å². The SMILES string of the molecule is CCCCn1ncc(C(=O)N2CCCC(C(=O)O)C2)c1C. The third-order valence-electron chi connectivity index (χ3n) is 4.11. The maximum absolute atomic E-state index is 12.6. The molecule has 0 saturated carbocycles. The average molecular weight is 293 g/mol. The standard InChI is InChI=1S/C15H23N3O3/c1-3-4-8-18-11(2)13(9-16-18)14(19)17-7-5-6-12(10-17)15(20)21/h9,12H,3-8,10H2,1-2H3,(H,20,21). The lowest BCUT2D eigenvalue weighted by Crippen LogP contribution is -2.42. The van der Waals surface area contributed by atoms with Crippen LogP contribution < -0.4 is 0 Å². The van der Waals surface area contributed by atoms with E-state index in [1.54, 1.807) is 11.1 Å². The Morgan fingerprint density at radius 3 is 2.90 bits per heavy atom. The lowest BCUT2D eigenvalue weighted by atomic mass is 9.98. The van der Waals surface area contributed by atoms with Crippen LogP contribution in [0, 0.1) is 12.8 Å². The number of aliphatic carboxylic acids is 1. The summed E-state index contributed by atoms with van der Waals surface area (Å²) >= 11 is 0. The Morgan fingerprint density at radius 2 is 2.24 bits per heavy atom. The van der Waals surface area contributed by atoms with Crippen LogP contribution in [0.25, 0.3) is 0 Å². The normalized spacial score (nSPS) is 18.8. The number of hydrogen-bond donors (Lipinski definition) is 1. The van der Waals surface area contributed by atoms with Crippen molar-refractivity contribution in [3.8, 4) is 0 Å². The van der Waals surface area contributed by atoms with Crippen molar-refractivity contribution in [1.82, 2.24) is 14.7 Å². The number of nitrogens with zero attached hydrogens (tertiary/aromatic N) is 3. The van der Waals surface area contributed by atoms with Crippen molar-refractivity contribution < 1.29 is 14.7 Å². The van der Waals surface area contributed by atoms with Crippen LogP contribution in [0.1, 0.15) is 48.7 Å². The molecular formula is C15H23N3O3. The van der Waals surface area contributed by atoms with Crippen LogP contribution in [0.2, 0.25) is 0 Å². The van der Waals surface area contributed by atoms with Crippen LogP contribution in [-0.4, -0.2) is 44.8 Å². The Labute approximate surface area is 124 Å². The molecule has 0 aliphatic carbocycles. The van der Waals surface area contributed by atoms with Gasteiger partial charge in [-0.3, -0.25) is 14.3 Å². The fraction of sp³-hybridized carbons (Fsp3) is 0.667. The highest BCUT2D eigenvalue weighted by Gasteiger charge is 2.29. The maximum atomic E-state index is 12.6. The molecule has 1 N–H and O–H groups in total. The number of carbonyl (C=O) groups is 2. The maximum Gasteiger partial charge on any atom is 0.308 e. The number of rotatable bonds is 5. The van der Waals surface area contributed by atoms with Crippen molar-refractivity contribution in [3.63, 3.8) is 0 Å². The van der Waals surface area contributed by atoms with Crippen molar-refractivity contribution >= 4 is 11.9 Å². The first-order valence-electron chi connectivity index (χ1n) is 7.59. The van der Waals surface area contributed by atoms with Gasteiger partial charge in [0.05, 0.1) is 17.7 Å². The Bertz CT molecular complexity index is 524. The molecule has 1 atom stereocenters. The van der Waals surface area contributed by atoms with E-state index in [4.69, 9.17) is 5.11 Å². The Morgan fingerprint density at radius 1 is 1.48 bits per heavy atom. The molecule has 0 spiro atoms. The second kappa shape index (κ2) is 6.74. The minimum absolute atomic E-state index is 0.0961. The highest BCUT2D eigenvalue weighted by molar-refractivity contribution is 5.95. The number of carboxylic acids is 1. The van der Waals surface area contributed by atoms with Crippen LogP contribution >= 0.6 is 0 Å². The number of carbonyl (C=O) groups excluding carboxylic acids is 1. The second-order valence-electron chi connectivity index (χ2n) is 5.65. The molecular weight excluding hydrogens is 270 g/mol. The predicted octanol–water partition coefficient (Wildman–Crippen LogP) is 1.93. The van der Waals surface area contributed by atoms with Gasteiger partial charge in [-0.25, -0.2) is 0 Å². The molecule has 1 unspecified atom stereocenters. The number of carboxylic acid groups (broad SMARTS) is 1. The smallest absolute Gasteiger partial charge is 0.308 e. The fourth-order valence-corrected chi connectivity index (χ4v) is 2.72. The van der Waals surface area contributed by atoms with Gasteiger partial charge in [-0.15, -0.1) is 0 Å². The van der Waals surface area contributed by atoms with E-state index in [0.717, 1.165) is 31.5 Å². The molecule has 6 nitrogen and oxygen atoms in total. The number of hydrogen-bond acceptors (Lipinski definition) is 3. The van der Waals surface area contributed by atoms with E-state index in [-0.39, 0.29) is 5.91 Å². The Balaban J connectivity index is 2.09. The van der Waals surface area contributed by atoms with Gasteiger partial charge in [-0.2, -0.15) is 5.10 Å². The van der Waals surface area contributed by atoms with E-state index in [0.29, 0.717) is 25.1 Å². The summed E-state index contributed by atoms with van der Waals surface area (Å²) in [5.74, 6) is -1.36. The van der Waals surface area contributed by atoms with E-state index >= 15 is 0 Å². The summed E-state index contributed by atoms with van der Waals surface area (Å²) in [6.07, 6.45) is 5.10. The fourth-order valence-electron chi connectivity index (χ4n) is 2.72. The third-order valence-corrected chi connectivity index (χ3v) is 4.11. The molecule has 6 heteroatoms. The first-order chi connectivity index (χ1) is 10.0. The van der Waals surface area contributed by atoms with E-state index in [9.17, 15) is 9.59 Å². The molecule has 0 bridgehead atoms. The molecule has 1 aromatic heterocycles. The zero-order valence-corrected chi connectivity index (χ0v) is 12.7. The summed E-state index contributed by atoms with van der Waals surface area (Å²) in [6, 6.07) is 0. The zero-order chi connectivity index (χ0) is 15.4. The van der Waals surface area contributed by atoms with Gasteiger partial charge >= 0.3 is 5.97 Å². The summed E-state index contributed by atoms with van der Waals surface area (Å²) in [5.41, 5.74) is 1.46. The summed E-state index contributed by atoms with van der Waals surface area (Å²) in [5, 5.41) is 13.4. The number of aromatic nitrogens is 2.